The number of carbonyl (C=O) groups is 2. The third-order valence-electron chi connectivity index (χ3n) is 6.51. The van der Waals surface area contributed by atoms with Crippen LogP contribution in [0.1, 0.15) is 49.4 Å². The Balaban J connectivity index is 1.42. The Labute approximate surface area is 206 Å². The van der Waals surface area contributed by atoms with Crippen LogP contribution in [0.3, 0.4) is 0 Å². The highest BCUT2D eigenvalue weighted by molar-refractivity contribution is 7.89. The molecule has 0 bridgehead atoms. The molecule has 0 aromatic heterocycles. The highest BCUT2D eigenvalue weighted by Gasteiger charge is 2.30. The van der Waals surface area contributed by atoms with Gasteiger partial charge in [0.25, 0.3) is 5.91 Å². The van der Waals surface area contributed by atoms with Crippen molar-refractivity contribution < 1.29 is 22.7 Å². The lowest BCUT2D eigenvalue weighted by Crippen LogP contribution is -2.38. The van der Waals surface area contributed by atoms with Gasteiger partial charge in [-0.3, -0.25) is 4.79 Å². The summed E-state index contributed by atoms with van der Waals surface area (Å²) < 4.78 is 33.0. The number of anilines is 1. The number of sulfonamides is 1. The van der Waals surface area contributed by atoms with Gasteiger partial charge in [0.2, 0.25) is 10.0 Å². The standard InChI is InChI=1S/C27H30N2O5S/c1-19(26(30)28-23-16-15-20-9-6-7-10-21(20)17-23)34-27(31)22-11-8-14-25(18-22)35(32,33)29(2)24-12-4-3-5-13-24/h6-11,14-19,24H,3-5,12-13H2,1-2H3,(H,28,30)/t19-/m0/s1. The molecule has 3 aromatic carbocycles. The van der Waals surface area contributed by atoms with Crippen LogP contribution in [0.2, 0.25) is 0 Å². The first-order chi connectivity index (χ1) is 16.8. The Morgan fingerprint density at radius 1 is 0.943 bits per heavy atom. The van der Waals surface area contributed by atoms with Crippen molar-refractivity contribution in [2.75, 3.05) is 12.4 Å². The van der Waals surface area contributed by atoms with Gasteiger partial charge in [-0.15, -0.1) is 0 Å². The van der Waals surface area contributed by atoms with Gasteiger partial charge in [-0.1, -0.05) is 55.7 Å². The second-order valence-corrected chi connectivity index (χ2v) is 10.9. The third kappa shape index (κ3) is 5.71. The molecule has 1 fully saturated rings. The Hall–Kier alpha value is -3.23. The number of hydrogen-bond acceptors (Lipinski definition) is 5. The highest BCUT2D eigenvalue weighted by Crippen LogP contribution is 2.27. The molecule has 7 nitrogen and oxygen atoms in total. The van der Waals surface area contributed by atoms with Gasteiger partial charge in [-0.25, -0.2) is 13.2 Å². The molecule has 1 aliphatic rings. The van der Waals surface area contributed by atoms with E-state index in [0.717, 1.165) is 42.9 Å². The number of fused-ring (bicyclic) bond motifs is 1. The number of nitrogens with one attached hydrogen (secondary N) is 1. The smallest absolute Gasteiger partial charge is 0.338 e. The monoisotopic (exact) mass is 494 g/mol. The fourth-order valence-electron chi connectivity index (χ4n) is 4.38. The minimum absolute atomic E-state index is 0.0355. The summed E-state index contributed by atoms with van der Waals surface area (Å²) in [6.45, 7) is 1.48. The van der Waals surface area contributed by atoms with E-state index in [1.807, 2.05) is 36.4 Å². The molecule has 35 heavy (non-hydrogen) atoms. The zero-order valence-electron chi connectivity index (χ0n) is 19.9. The van der Waals surface area contributed by atoms with Crippen LogP contribution < -0.4 is 5.32 Å². The number of rotatable bonds is 7. The first-order valence-electron chi connectivity index (χ1n) is 11.8. The van der Waals surface area contributed by atoms with Crippen molar-refractivity contribution >= 4 is 38.4 Å². The summed E-state index contributed by atoms with van der Waals surface area (Å²) in [7, 11) is -2.16. The fourth-order valence-corrected chi connectivity index (χ4v) is 5.85. The number of benzene rings is 3. The van der Waals surface area contributed by atoms with Gasteiger partial charge in [0.1, 0.15) is 0 Å². The number of ether oxygens (including phenoxy) is 1. The Morgan fingerprint density at radius 2 is 1.66 bits per heavy atom. The average Bonchev–Trinajstić information content (AvgIpc) is 2.88. The Morgan fingerprint density at radius 3 is 2.40 bits per heavy atom. The van der Waals surface area contributed by atoms with Crippen molar-refractivity contribution in [3.63, 3.8) is 0 Å². The molecular formula is C27H30N2O5S. The molecule has 184 valence electrons. The molecule has 1 atom stereocenters. The summed E-state index contributed by atoms with van der Waals surface area (Å²) >= 11 is 0. The number of amides is 1. The van der Waals surface area contributed by atoms with Crippen LogP contribution in [0, 0.1) is 0 Å². The molecule has 1 N–H and O–H groups in total. The summed E-state index contributed by atoms with van der Waals surface area (Å²) in [6.07, 6.45) is 3.74. The summed E-state index contributed by atoms with van der Waals surface area (Å²) in [5, 5.41) is 4.79. The van der Waals surface area contributed by atoms with Crippen LogP contribution >= 0.6 is 0 Å². The first kappa shape index (κ1) is 24.9. The topological polar surface area (TPSA) is 92.8 Å². The van der Waals surface area contributed by atoms with Crippen LogP contribution in [0.15, 0.2) is 71.6 Å². The maximum atomic E-state index is 13.1. The van der Waals surface area contributed by atoms with Gasteiger partial charge in [0, 0.05) is 18.8 Å². The minimum atomic E-state index is -3.75. The van der Waals surface area contributed by atoms with Crippen LogP contribution in [0.4, 0.5) is 5.69 Å². The largest absolute Gasteiger partial charge is 0.449 e. The van der Waals surface area contributed by atoms with Gasteiger partial charge in [0.15, 0.2) is 6.10 Å². The van der Waals surface area contributed by atoms with Crippen LogP contribution in [0.5, 0.6) is 0 Å². The van der Waals surface area contributed by atoms with Crippen LogP contribution in [-0.4, -0.2) is 43.8 Å². The van der Waals surface area contributed by atoms with Crippen molar-refractivity contribution in [3.05, 3.63) is 72.3 Å². The lowest BCUT2D eigenvalue weighted by molar-refractivity contribution is -0.123. The molecule has 0 saturated heterocycles. The first-order valence-corrected chi connectivity index (χ1v) is 13.3. The van der Waals surface area contributed by atoms with Gasteiger partial charge in [-0.2, -0.15) is 4.31 Å². The quantitative estimate of drug-likeness (QED) is 0.468. The molecule has 0 unspecified atom stereocenters. The van der Waals surface area contributed by atoms with E-state index >= 15 is 0 Å². The maximum Gasteiger partial charge on any atom is 0.338 e. The number of hydrogen-bond donors (Lipinski definition) is 1. The van der Waals surface area contributed by atoms with E-state index < -0.39 is 28.0 Å². The molecule has 0 radical (unpaired) electrons. The molecular weight excluding hydrogens is 464 g/mol. The molecule has 8 heteroatoms. The van der Waals surface area contributed by atoms with E-state index in [1.165, 1.54) is 35.5 Å². The van der Waals surface area contributed by atoms with Crippen LogP contribution in [-0.2, 0) is 19.6 Å². The zero-order valence-corrected chi connectivity index (χ0v) is 20.8. The molecule has 0 heterocycles. The fraction of sp³-hybridized carbons (Fsp3) is 0.333. The normalized spacial score (nSPS) is 15.6. The summed E-state index contributed by atoms with van der Waals surface area (Å²) in [6, 6.07) is 19.1. The summed E-state index contributed by atoms with van der Waals surface area (Å²) in [4.78, 5) is 25.4. The molecule has 4 rings (SSSR count). The van der Waals surface area contributed by atoms with Gasteiger partial charge in [0.05, 0.1) is 10.5 Å². The van der Waals surface area contributed by atoms with E-state index in [1.54, 1.807) is 13.1 Å². The van der Waals surface area contributed by atoms with Crippen molar-refractivity contribution in [1.29, 1.82) is 0 Å². The number of carbonyl (C=O) groups excluding carboxylic acids is 2. The Bertz CT molecular complexity index is 1330. The minimum Gasteiger partial charge on any atom is -0.449 e. The van der Waals surface area contributed by atoms with Gasteiger partial charge >= 0.3 is 5.97 Å². The van der Waals surface area contributed by atoms with E-state index in [9.17, 15) is 18.0 Å². The predicted molar refractivity (Wildman–Crippen MR) is 136 cm³/mol. The zero-order chi connectivity index (χ0) is 25.0. The van der Waals surface area contributed by atoms with Crippen molar-refractivity contribution in [1.82, 2.24) is 4.31 Å². The second-order valence-electron chi connectivity index (χ2n) is 8.94. The molecule has 1 amide bonds. The van der Waals surface area contributed by atoms with Crippen molar-refractivity contribution in [2.45, 2.75) is 56.1 Å². The lowest BCUT2D eigenvalue weighted by Gasteiger charge is -2.30. The van der Waals surface area contributed by atoms with Gasteiger partial charge in [-0.05, 0) is 60.9 Å². The Kier molecular flexibility index (Phi) is 7.52. The number of esters is 1. The molecule has 1 saturated carbocycles. The summed E-state index contributed by atoms with van der Waals surface area (Å²) in [5.41, 5.74) is 0.670. The van der Waals surface area contributed by atoms with E-state index in [4.69, 9.17) is 4.74 Å². The molecule has 0 aliphatic heterocycles. The lowest BCUT2D eigenvalue weighted by atomic mass is 9.96. The van der Waals surface area contributed by atoms with Crippen molar-refractivity contribution in [2.24, 2.45) is 0 Å². The van der Waals surface area contributed by atoms with E-state index in [0.29, 0.717) is 5.69 Å². The van der Waals surface area contributed by atoms with Gasteiger partial charge < -0.3 is 10.1 Å². The molecule has 1 aliphatic carbocycles. The SMILES string of the molecule is C[C@H](OC(=O)c1cccc(S(=O)(=O)N(C)C2CCCCC2)c1)C(=O)Nc1ccc2ccccc2c1. The third-order valence-corrected chi connectivity index (χ3v) is 8.41. The maximum absolute atomic E-state index is 13.1. The van der Waals surface area contributed by atoms with Crippen LogP contribution in [0.25, 0.3) is 10.8 Å². The molecule has 3 aromatic rings. The van der Waals surface area contributed by atoms with Crippen molar-refractivity contribution in [3.8, 4) is 0 Å². The second kappa shape index (κ2) is 10.6. The highest BCUT2D eigenvalue weighted by atomic mass is 32.2. The van der Waals surface area contributed by atoms with E-state index in [2.05, 4.69) is 5.32 Å². The average molecular weight is 495 g/mol. The summed E-state index contributed by atoms with van der Waals surface area (Å²) in [5.74, 6) is -1.24. The predicted octanol–water partition coefficient (Wildman–Crippen LogP) is 4.98. The number of nitrogens with zero attached hydrogens (tertiary/aromatic N) is 1. The molecule has 0 spiro atoms. The van der Waals surface area contributed by atoms with E-state index in [-0.39, 0.29) is 16.5 Å².